The number of pyridine rings is 1. The van der Waals surface area contributed by atoms with Gasteiger partial charge in [-0.15, -0.1) is 0 Å². The zero-order chi connectivity index (χ0) is 25.2. The van der Waals surface area contributed by atoms with Crippen LogP contribution in [0.15, 0.2) is 78.6 Å². The minimum atomic E-state index is -0.783. The van der Waals surface area contributed by atoms with Crippen LogP contribution in [0.3, 0.4) is 0 Å². The molecule has 2 heterocycles. The van der Waals surface area contributed by atoms with Gasteiger partial charge in [0.25, 0.3) is 11.7 Å². The first kappa shape index (κ1) is 24.2. The number of ketones is 1. The summed E-state index contributed by atoms with van der Waals surface area (Å²) in [6.45, 7) is 8.96. The number of anilines is 1. The van der Waals surface area contributed by atoms with Crippen LogP contribution >= 0.6 is 0 Å². The van der Waals surface area contributed by atoms with E-state index < -0.39 is 17.7 Å². The topological polar surface area (TPSA) is 79.7 Å². The van der Waals surface area contributed by atoms with Crippen molar-refractivity contribution in [2.75, 3.05) is 11.5 Å². The zero-order valence-corrected chi connectivity index (χ0v) is 20.5. The molecule has 0 spiro atoms. The molecule has 1 atom stereocenters. The van der Waals surface area contributed by atoms with Crippen LogP contribution < -0.4 is 9.64 Å². The summed E-state index contributed by atoms with van der Waals surface area (Å²) in [7, 11) is 0. The Labute approximate surface area is 205 Å². The van der Waals surface area contributed by atoms with Gasteiger partial charge in [-0.2, -0.15) is 0 Å². The molecule has 0 bridgehead atoms. The van der Waals surface area contributed by atoms with Crippen molar-refractivity contribution in [3.63, 3.8) is 0 Å². The van der Waals surface area contributed by atoms with Crippen LogP contribution in [0.4, 0.5) is 5.69 Å². The van der Waals surface area contributed by atoms with Gasteiger partial charge in [-0.1, -0.05) is 39.8 Å². The number of carbonyl (C=O) groups is 2. The van der Waals surface area contributed by atoms with Crippen molar-refractivity contribution in [3.05, 3.63) is 95.3 Å². The number of aliphatic hydroxyl groups is 1. The molecule has 35 heavy (non-hydrogen) atoms. The van der Waals surface area contributed by atoms with Crippen molar-refractivity contribution in [2.24, 2.45) is 0 Å². The third kappa shape index (κ3) is 4.83. The van der Waals surface area contributed by atoms with Gasteiger partial charge in [-0.25, -0.2) is 0 Å². The van der Waals surface area contributed by atoms with E-state index in [-0.39, 0.29) is 16.7 Å². The lowest BCUT2D eigenvalue weighted by Crippen LogP contribution is -2.29. The number of aromatic nitrogens is 1. The molecule has 1 amide bonds. The lowest BCUT2D eigenvalue weighted by Gasteiger charge is -2.26. The molecular formula is C29H30N2O4. The SMILES string of the molecule is CCCOc1ccc(/C(O)=C2\C(=O)C(=O)N(c3ccc(C(C)(C)C)cc3)C2c2ccncc2)cc1. The fraction of sp³-hybridized carbons (Fsp3) is 0.276. The van der Waals surface area contributed by atoms with Gasteiger partial charge in [-0.3, -0.25) is 19.5 Å². The van der Waals surface area contributed by atoms with E-state index in [4.69, 9.17) is 4.74 Å². The summed E-state index contributed by atoms with van der Waals surface area (Å²) in [5, 5.41) is 11.2. The largest absolute Gasteiger partial charge is 0.507 e. The normalized spacial score (nSPS) is 17.6. The van der Waals surface area contributed by atoms with Gasteiger partial charge in [0, 0.05) is 23.6 Å². The van der Waals surface area contributed by atoms with E-state index >= 15 is 0 Å². The Hall–Kier alpha value is -3.93. The number of hydrogen-bond donors (Lipinski definition) is 1. The summed E-state index contributed by atoms with van der Waals surface area (Å²) in [5.74, 6) is -0.954. The van der Waals surface area contributed by atoms with E-state index in [1.807, 2.05) is 31.2 Å². The first-order chi connectivity index (χ1) is 16.7. The molecule has 180 valence electrons. The van der Waals surface area contributed by atoms with E-state index in [0.717, 1.165) is 12.0 Å². The highest BCUT2D eigenvalue weighted by Gasteiger charge is 2.47. The van der Waals surface area contributed by atoms with Gasteiger partial charge in [0.1, 0.15) is 11.5 Å². The highest BCUT2D eigenvalue weighted by atomic mass is 16.5. The quantitative estimate of drug-likeness (QED) is 0.280. The third-order valence-electron chi connectivity index (χ3n) is 6.08. The first-order valence-corrected chi connectivity index (χ1v) is 11.8. The maximum Gasteiger partial charge on any atom is 0.300 e. The lowest BCUT2D eigenvalue weighted by atomic mass is 9.87. The highest BCUT2D eigenvalue weighted by Crippen LogP contribution is 2.42. The summed E-state index contributed by atoms with van der Waals surface area (Å²) in [6.07, 6.45) is 4.10. The number of Topliss-reactive ketones (excluding diaryl/α,β-unsaturated/α-hetero) is 1. The van der Waals surface area contributed by atoms with E-state index in [0.29, 0.717) is 29.2 Å². The van der Waals surface area contributed by atoms with Gasteiger partial charge in [0.05, 0.1) is 18.2 Å². The Morgan fingerprint density at radius 1 is 0.971 bits per heavy atom. The molecule has 0 aliphatic carbocycles. The lowest BCUT2D eigenvalue weighted by molar-refractivity contribution is -0.132. The van der Waals surface area contributed by atoms with E-state index in [9.17, 15) is 14.7 Å². The highest BCUT2D eigenvalue weighted by molar-refractivity contribution is 6.51. The van der Waals surface area contributed by atoms with Crippen molar-refractivity contribution >= 4 is 23.1 Å². The van der Waals surface area contributed by atoms with Crippen molar-refractivity contribution in [3.8, 4) is 5.75 Å². The van der Waals surface area contributed by atoms with Crippen LogP contribution in [0.25, 0.3) is 5.76 Å². The average molecular weight is 471 g/mol. The molecule has 6 nitrogen and oxygen atoms in total. The Bertz CT molecular complexity index is 1240. The summed E-state index contributed by atoms with van der Waals surface area (Å²) >= 11 is 0. The van der Waals surface area contributed by atoms with Crippen LogP contribution in [0.5, 0.6) is 5.75 Å². The predicted molar refractivity (Wildman–Crippen MR) is 136 cm³/mol. The number of aliphatic hydroxyl groups excluding tert-OH is 1. The maximum absolute atomic E-state index is 13.3. The van der Waals surface area contributed by atoms with Crippen LogP contribution in [0.2, 0.25) is 0 Å². The Balaban J connectivity index is 1.81. The van der Waals surface area contributed by atoms with Crippen molar-refractivity contribution in [1.82, 2.24) is 4.98 Å². The molecule has 1 aliphatic rings. The fourth-order valence-electron chi connectivity index (χ4n) is 4.17. The Morgan fingerprint density at radius 2 is 1.60 bits per heavy atom. The van der Waals surface area contributed by atoms with Crippen molar-refractivity contribution < 1.29 is 19.4 Å². The second-order valence-electron chi connectivity index (χ2n) is 9.62. The summed E-state index contributed by atoms with van der Waals surface area (Å²) in [5.41, 5.74) is 2.82. The molecule has 1 saturated heterocycles. The van der Waals surface area contributed by atoms with Gasteiger partial charge in [0.15, 0.2) is 0 Å². The van der Waals surface area contributed by atoms with Crippen LogP contribution in [-0.4, -0.2) is 28.4 Å². The average Bonchev–Trinajstić information content (AvgIpc) is 3.13. The minimum Gasteiger partial charge on any atom is -0.507 e. The number of benzene rings is 2. The molecule has 0 saturated carbocycles. The van der Waals surface area contributed by atoms with Crippen LogP contribution in [-0.2, 0) is 15.0 Å². The van der Waals surface area contributed by atoms with E-state index in [1.165, 1.54) is 4.90 Å². The maximum atomic E-state index is 13.3. The number of ether oxygens (including phenoxy) is 1. The molecule has 1 aliphatic heterocycles. The molecule has 1 fully saturated rings. The second kappa shape index (κ2) is 9.74. The summed E-state index contributed by atoms with van der Waals surface area (Å²) in [6, 6.07) is 17.2. The van der Waals surface area contributed by atoms with E-state index in [2.05, 4.69) is 25.8 Å². The predicted octanol–water partition coefficient (Wildman–Crippen LogP) is 5.79. The van der Waals surface area contributed by atoms with Crippen LogP contribution in [0.1, 0.15) is 56.8 Å². The standard InChI is InChI=1S/C29H30N2O4/c1-5-18-35-23-12-6-20(7-13-23)26(32)24-25(19-14-16-30-17-15-19)31(28(34)27(24)33)22-10-8-21(9-11-22)29(2,3)4/h6-17,25,32H,5,18H2,1-4H3/b26-24+. The summed E-state index contributed by atoms with van der Waals surface area (Å²) < 4.78 is 5.62. The second-order valence-corrected chi connectivity index (χ2v) is 9.62. The van der Waals surface area contributed by atoms with Gasteiger partial charge >= 0.3 is 0 Å². The number of hydrogen-bond acceptors (Lipinski definition) is 5. The minimum absolute atomic E-state index is 0.0447. The number of rotatable bonds is 6. The first-order valence-electron chi connectivity index (χ1n) is 11.8. The molecule has 0 radical (unpaired) electrons. The smallest absolute Gasteiger partial charge is 0.300 e. The van der Waals surface area contributed by atoms with Crippen molar-refractivity contribution in [2.45, 2.75) is 45.6 Å². The molecule has 4 rings (SSSR count). The number of nitrogens with zero attached hydrogens (tertiary/aromatic N) is 2. The zero-order valence-electron chi connectivity index (χ0n) is 20.5. The molecule has 1 unspecified atom stereocenters. The monoisotopic (exact) mass is 470 g/mol. The molecule has 6 heteroatoms. The van der Waals surface area contributed by atoms with Gasteiger partial charge < -0.3 is 9.84 Å². The summed E-state index contributed by atoms with van der Waals surface area (Å²) in [4.78, 5) is 32.1. The molecule has 1 N–H and O–H groups in total. The molecule has 3 aromatic rings. The molecule has 2 aromatic carbocycles. The number of carbonyl (C=O) groups excluding carboxylic acids is 2. The van der Waals surface area contributed by atoms with Crippen LogP contribution in [0, 0.1) is 0 Å². The third-order valence-corrected chi connectivity index (χ3v) is 6.08. The van der Waals surface area contributed by atoms with Crippen molar-refractivity contribution in [1.29, 1.82) is 0 Å². The van der Waals surface area contributed by atoms with Gasteiger partial charge in [-0.05, 0) is 71.5 Å². The van der Waals surface area contributed by atoms with E-state index in [1.54, 1.807) is 48.8 Å². The Kier molecular flexibility index (Phi) is 6.74. The number of amides is 1. The van der Waals surface area contributed by atoms with Gasteiger partial charge in [0.2, 0.25) is 0 Å². The Morgan fingerprint density at radius 3 is 2.17 bits per heavy atom. The fourth-order valence-corrected chi connectivity index (χ4v) is 4.17. The molecule has 1 aromatic heterocycles. The molecular weight excluding hydrogens is 440 g/mol.